The maximum Gasteiger partial charge on any atom is 0.698 e. The number of ether oxygens (including phenoxy) is 2. The number of nitrogens with zero attached hydrogens (tertiary/aromatic N) is 8. The Hall–Kier alpha value is -2.87. The molecule has 4 aromatic heterocycles. The summed E-state index contributed by atoms with van der Waals surface area (Å²) in [7, 11) is -2.88. The number of fused-ring (bicyclic) bond motifs is 5. The number of imidazole rings is 2. The van der Waals surface area contributed by atoms with Crippen molar-refractivity contribution in [1.82, 2.24) is 39.0 Å². The van der Waals surface area contributed by atoms with E-state index in [1.54, 1.807) is 0 Å². The zero-order valence-electron chi connectivity index (χ0n) is 21.9. The Morgan fingerprint density at radius 2 is 1.49 bits per heavy atom. The number of hydrogen-bond donors (Lipinski definition) is 5. The van der Waals surface area contributed by atoms with E-state index in [-0.39, 0.29) is 29.9 Å². The molecule has 3 aliphatic heterocycles. The Kier molecular flexibility index (Phi) is 7.34. The van der Waals surface area contributed by atoms with E-state index < -0.39 is 70.4 Å². The lowest BCUT2D eigenvalue weighted by Crippen LogP contribution is -2.36. The third kappa shape index (κ3) is 5.07. The molecule has 7 N–H and O–H groups in total. The highest BCUT2D eigenvalue weighted by molar-refractivity contribution is 8.09. The van der Waals surface area contributed by atoms with Crippen molar-refractivity contribution in [2.75, 3.05) is 24.2 Å². The normalized spacial score (nSPS) is 36.3. The van der Waals surface area contributed by atoms with Gasteiger partial charge in [-0.25, -0.2) is 29.9 Å². The van der Waals surface area contributed by atoms with E-state index in [9.17, 15) is 19.7 Å². The van der Waals surface area contributed by atoms with Crippen LogP contribution in [0.3, 0.4) is 0 Å². The van der Waals surface area contributed by atoms with Crippen molar-refractivity contribution < 1.29 is 42.7 Å². The Morgan fingerprint density at radius 3 is 2.14 bits per heavy atom. The van der Waals surface area contributed by atoms with Crippen LogP contribution < -0.4 is 11.5 Å². The molecule has 0 aromatic carbocycles. The Balaban J connectivity index is 1.18. The predicted octanol–water partition coefficient (Wildman–Crippen LogP) is -0.503. The van der Waals surface area contributed by atoms with Crippen molar-refractivity contribution in [1.29, 1.82) is 0 Å². The van der Waals surface area contributed by atoms with Crippen LogP contribution in [0.15, 0.2) is 25.3 Å². The van der Waals surface area contributed by atoms with Gasteiger partial charge in [0, 0.05) is 10.7 Å². The molecule has 43 heavy (non-hydrogen) atoms. The number of rotatable bonds is 2. The number of aromatic nitrogens is 8. The number of aliphatic hydroxyl groups excluding tert-OH is 2. The fourth-order valence-corrected chi connectivity index (χ4v) is 8.12. The average molecular weight is 656 g/mol. The van der Waals surface area contributed by atoms with Gasteiger partial charge in [0.25, 0.3) is 0 Å². The summed E-state index contributed by atoms with van der Waals surface area (Å²) in [5, 5.41) is 22.4. The molecule has 22 heteroatoms. The van der Waals surface area contributed by atoms with Gasteiger partial charge in [-0.1, -0.05) is 0 Å². The third-order valence-electron chi connectivity index (χ3n) is 7.48. The molecule has 0 radical (unpaired) electrons. The monoisotopic (exact) mass is 655 g/mol. The summed E-state index contributed by atoms with van der Waals surface area (Å²) in [6, 6.07) is 0. The third-order valence-corrected chi connectivity index (χ3v) is 10.5. The highest BCUT2D eigenvalue weighted by atomic mass is 32.5. The lowest BCUT2D eigenvalue weighted by Gasteiger charge is -2.26. The number of nitrogens with two attached hydrogens (primary N) is 2. The summed E-state index contributed by atoms with van der Waals surface area (Å²) >= 11 is 5.44. The lowest BCUT2D eigenvalue weighted by atomic mass is 10.1. The minimum atomic E-state index is -3.61. The van der Waals surface area contributed by atoms with E-state index in [0.717, 1.165) is 0 Å². The molecule has 0 saturated carbocycles. The zero-order valence-corrected chi connectivity index (χ0v) is 24.5. The molecule has 7 heterocycles. The van der Waals surface area contributed by atoms with Gasteiger partial charge < -0.3 is 40.6 Å². The smallest absolute Gasteiger partial charge is 0.387 e. The fourth-order valence-electron chi connectivity index (χ4n) is 5.42. The second-order valence-electron chi connectivity index (χ2n) is 10.1. The maximum atomic E-state index is 13.1. The van der Waals surface area contributed by atoms with Gasteiger partial charge in [-0.05, 0) is 18.2 Å². The summed E-state index contributed by atoms with van der Waals surface area (Å²) in [5.74, 6) is 0.271. The first kappa shape index (κ1) is 28.9. The second kappa shape index (κ2) is 10.9. The highest BCUT2D eigenvalue weighted by Crippen LogP contribution is 2.51. The first-order valence-electron chi connectivity index (χ1n) is 12.9. The maximum absolute atomic E-state index is 13.1. The van der Waals surface area contributed by atoms with E-state index in [0.29, 0.717) is 16.7 Å². The molecule has 3 saturated heterocycles. The van der Waals surface area contributed by atoms with Gasteiger partial charge in [0.1, 0.15) is 54.7 Å². The van der Waals surface area contributed by atoms with Crippen molar-refractivity contribution >= 4 is 60.5 Å². The summed E-state index contributed by atoms with van der Waals surface area (Å²) in [6.45, 7) is -4.01. The molecule has 7 rings (SSSR count). The zero-order chi connectivity index (χ0) is 30.0. The molecule has 10 atom stereocenters. The van der Waals surface area contributed by atoms with Crippen molar-refractivity contribution in [3.8, 4) is 0 Å². The summed E-state index contributed by atoms with van der Waals surface area (Å²) < 4.78 is 45.2. The van der Waals surface area contributed by atoms with Crippen molar-refractivity contribution in [2.45, 2.75) is 55.5 Å². The second-order valence-corrected chi connectivity index (χ2v) is 14.6. The van der Waals surface area contributed by atoms with Crippen LogP contribution in [0.5, 0.6) is 0 Å². The van der Waals surface area contributed by atoms with Gasteiger partial charge >= 0.3 is 8.25 Å². The van der Waals surface area contributed by atoms with E-state index >= 15 is 0 Å². The van der Waals surface area contributed by atoms with Crippen molar-refractivity contribution in [3.05, 3.63) is 25.3 Å². The minimum absolute atomic E-state index is 0.0345. The van der Waals surface area contributed by atoms with Gasteiger partial charge in [0.05, 0.1) is 18.8 Å². The molecule has 0 spiro atoms. The van der Waals surface area contributed by atoms with Crippen LogP contribution in [0.1, 0.15) is 18.9 Å². The Labute approximate surface area is 247 Å². The summed E-state index contributed by atoms with van der Waals surface area (Å²) in [6.07, 6.45) is -4.05. The molecular weight excluding hydrogens is 630 g/mol. The molecule has 2 unspecified atom stereocenters. The number of anilines is 2. The largest absolute Gasteiger partial charge is 0.698 e. The molecule has 2 bridgehead atoms. The van der Waals surface area contributed by atoms with Gasteiger partial charge in [-0.2, -0.15) is 0 Å². The lowest BCUT2D eigenvalue weighted by molar-refractivity contribution is -0.0519. The van der Waals surface area contributed by atoms with Gasteiger partial charge in [0.2, 0.25) is 0 Å². The van der Waals surface area contributed by atoms with Crippen LogP contribution >= 0.6 is 14.7 Å². The molecule has 3 aliphatic rings. The van der Waals surface area contributed by atoms with Crippen LogP contribution in [0.25, 0.3) is 22.3 Å². The van der Waals surface area contributed by atoms with E-state index in [1.165, 1.54) is 34.4 Å². The molecule has 4 aromatic rings. The van der Waals surface area contributed by atoms with Gasteiger partial charge in [-0.3, -0.25) is 9.13 Å². The first-order valence-corrected chi connectivity index (χ1v) is 16.9. The van der Waals surface area contributed by atoms with Crippen LogP contribution in [0, 0.1) is 0 Å². The van der Waals surface area contributed by atoms with Gasteiger partial charge in [-0.15, -0.1) is 9.05 Å². The van der Waals surface area contributed by atoms with Crippen LogP contribution in [-0.2, 0) is 39.4 Å². The van der Waals surface area contributed by atoms with Crippen LogP contribution in [0.4, 0.5) is 11.6 Å². The number of aliphatic hydroxyl groups is 2. The van der Waals surface area contributed by atoms with E-state index in [1.807, 2.05) is 0 Å². The molecule has 0 aliphatic carbocycles. The molecule has 0 amide bonds. The summed E-state index contributed by atoms with van der Waals surface area (Å²) in [4.78, 5) is 35.8. The van der Waals surface area contributed by atoms with Gasteiger partial charge in [0.15, 0.2) is 48.0 Å². The first-order chi connectivity index (χ1) is 20.6. The molecular formula is C21H25N10O9P2S+. The average Bonchev–Trinajstić information content (AvgIpc) is 3.73. The summed E-state index contributed by atoms with van der Waals surface area (Å²) in [5.41, 5.74) is 13.0. The standard InChI is InChI=1S/C21H24N10O9P2S/c22-16-10-18(26-4-24-16)30(6-28-10)20-13(33)14-9(38-20)3-36-41(34)39-15-12(32)8(1-2-42(35,43)40-14)37-21(15)31-7-29-11-17(23)25-5-27-19(11)31/h4-9,12-15,20-21,32-33H,1-3H2,(H4-,22,23,24,25,26,27,35,43)/p+1/t8-,9-,12-,13-,14-,15-,20-,21-,42?/m1/s1. The Bertz CT molecular complexity index is 1760. The van der Waals surface area contributed by atoms with E-state index in [4.69, 9.17) is 46.3 Å². The van der Waals surface area contributed by atoms with Crippen molar-refractivity contribution in [3.63, 3.8) is 0 Å². The number of hydrogen-bond acceptors (Lipinski definition) is 17. The van der Waals surface area contributed by atoms with Crippen molar-refractivity contribution in [2.24, 2.45) is 0 Å². The predicted molar refractivity (Wildman–Crippen MR) is 149 cm³/mol. The van der Waals surface area contributed by atoms with Crippen LogP contribution in [-0.4, -0.2) is 104 Å². The minimum Gasteiger partial charge on any atom is -0.387 e. The molecule has 3 fully saturated rings. The SMILES string of the molecule is Nc1ncnc2c1ncn2[C@@H]1O[C@@H]2CO[P+](=O)O[C@@H]3[C@H](O)[C@@H](CCP(O)(=S)O[C@H]2[C@H]1O)O[C@H]3n1cnc2c(N)ncnc21. The fraction of sp³-hybridized carbons (Fsp3) is 0.524. The molecule has 19 nitrogen and oxygen atoms in total. The quantitative estimate of drug-likeness (QED) is 0.170. The van der Waals surface area contributed by atoms with E-state index in [2.05, 4.69) is 29.9 Å². The van der Waals surface area contributed by atoms with Crippen LogP contribution in [0.2, 0.25) is 0 Å². The Morgan fingerprint density at radius 1 is 0.884 bits per heavy atom. The highest BCUT2D eigenvalue weighted by Gasteiger charge is 2.54. The topological polar surface area (TPSA) is 263 Å². The number of nitrogen functional groups attached to an aromatic ring is 2. The molecule has 228 valence electrons.